The smallest absolute Gasteiger partial charge is 0.341 e. The first-order chi connectivity index (χ1) is 15.2. The zero-order chi connectivity index (χ0) is 23.4. The molecule has 1 saturated heterocycles. The number of aliphatic imine (C=N–C) groups is 1. The molecule has 0 aliphatic carbocycles. The molecule has 166 valence electrons. The predicted molar refractivity (Wildman–Crippen MR) is 120 cm³/mol. The Hall–Kier alpha value is -3.50. The van der Waals surface area contributed by atoms with Gasteiger partial charge in [-0.05, 0) is 59.8 Å². The van der Waals surface area contributed by atoms with Crippen LogP contribution in [-0.2, 0) is 9.59 Å². The van der Waals surface area contributed by atoms with E-state index in [0.717, 1.165) is 11.8 Å². The Bertz CT molecular complexity index is 1150. The largest absolute Gasteiger partial charge is 0.493 e. The molecule has 9 nitrogen and oxygen atoms in total. The van der Waals surface area contributed by atoms with Crippen molar-refractivity contribution >= 4 is 58.1 Å². The molecule has 1 heterocycles. The first kappa shape index (κ1) is 23.2. The average Bonchev–Trinajstić information content (AvgIpc) is 3.00. The van der Waals surface area contributed by atoms with Crippen LogP contribution in [0.2, 0.25) is 5.02 Å². The standard InChI is InChI=1S/C21H17ClN2O7S/c1-24-19(27)16(32-21(24)23-13-5-3-12(4-6-13)20(28)29)9-11-7-14(22)18(15(8-11)30-2)31-10-17(25)26/h3-9H,10H2,1-2H3,(H,25,26)(H,28,29). The monoisotopic (exact) mass is 476 g/mol. The Balaban J connectivity index is 1.87. The molecule has 0 radical (unpaired) electrons. The number of aromatic carboxylic acids is 1. The lowest BCUT2D eigenvalue weighted by atomic mass is 10.2. The minimum absolute atomic E-state index is 0.0910. The van der Waals surface area contributed by atoms with Gasteiger partial charge >= 0.3 is 11.9 Å². The minimum Gasteiger partial charge on any atom is -0.493 e. The van der Waals surface area contributed by atoms with Crippen LogP contribution < -0.4 is 9.47 Å². The highest BCUT2D eigenvalue weighted by Crippen LogP contribution is 2.39. The lowest BCUT2D eigenvalue weighted by Gasteiger charge is -2.12. The third kappa shape index (κ3) is 5.21. The van der Waals surface area contributed by atoms with Crippen molar-refractivity contribution in [3.8, 4) is 11.5 Å². The first-order valence-corrected chi connectivity index (χ1v) is 10.2. The van der Waals surface area contributed by atoms with E-state index in [1.807, 2.05) is 0 Å². The topological polar surface area (TPSA) is 126 Å². The fourth-order valence-corrected chi connectivity index (χ4v) is 3.95. The van der Waals surface area contributed by atoms with Crippen LogP contribution in [0.15, 0.2) is 46.3 Å². The molecule has 32 heavy (non-hydrogen) atoms. The number of benzene rings is 2. The number of carboxylic acids is 2. The predicted octanol–water partition coefficient (Wildman–Crippen LogP) is 3.74. The lowest BCUT2D eigenvalue weighted by molar-refractivity contribution is -0.139. The number of halogens is 1. The Morgan fingerprint density at radius 1 is 1.22 bits per heavy atom. The molecule has 1 aliphatic rings. The van der Waals surface area contributed by atoms with Gasteiger partial charge in [0.1, 0.15) is 0 Å². The summed E-state index contributed by atoms with van der Waals surface area (Å²) in [4.78, 5) is 40.6. The van der Waals surface area contributed by atoms with Crippen LogP contribution in [-0.4, -0.2) is 58.9 Å². The number of methoxy groups -OCH3 is 1. The number of amides is 1. The summed E-state index contributed by atoms with van der Waals surface area (Å²) in [5.74, 6) is -2.16. The summed E-state index contributed by atoms with van der Waals surface area (Å²) in [5.41, 5.74) is 1.19. The van der Waals surface area contributed by atoms with E-state index in [2.05, 4.69) is 4.99 Å². The zero-order valence-corrected chi connectivity index (χ0v) is 18.4. The second-order valence-corrected chi connectivity index (χ2v) is 7.85. The number of hydrogen-bond acceptors (Lipinski definition) is 7. The number of carbonyl (C=O) groups is 3. The highest BCUT2D eigenvalue weighted by Gasteiger charge is 2.30. The molecule has 0 bridgehead atoms. The third-order valence-corrected chi connectivity index (χ3v) is 5.57. The number of nitrogens with zero attached hydrogens (tertiary/aromatic N) is 2. The minimum atomic E-state index is -1.16. The summed E-state index contributed by atoms with van der Waals surface area (Å²) in [7, 11) is 2.97. The normalized spacial score (nSPS) is 16.0. The van der Waals surface area contributed by atoms with E-state index in [1.54, 1.807) is 31.3 Å². The Morgan fingerprint density at radius 3 is 2.50 bits per heavy atom. The van der Waals surface area contributed by atoms with E-state index >= 15 is 0 Å². The summed E-state index contributed by atoms with van der Waals surface area (Å²) in [6.07, 6.45) is 1.61. The van der Waals surface area contributed by atoms with Crippen molar-refractivity contribution in [3.63, 3.8) is 0 Å². The molecule has 0 atom stereocenters. The summed E-state index contributed by atoms with van der Waals surface area (Å²) >= 11 is 7.37. The molecule has 2 N–H and O–H groups in total. The average molecular weight is 477 g/mol. The molecular weight excluding hydrogens is 460 g/mol. The summed E-state index contributed by atoms with van der Waals surface area (Å²) in [6.45, 7) is -0.580. The van der Waals surface area contributed by atoms with Crippen molar-refractivity contribution < 1.29 is 34.1 Å². The van der Waals surface area contributed by atoms with Crippen LogP contribution in [0.4, 0.5) is 5.69 Å². The number of likely N-dealkylation sites (N-methyl/N-ethyl adjacent to an activating group) is 1. The van der Waals surface area contributed by atoms with Crippen LogP contribution in [0, 0.1) is 0 Å². The molecule has 3 rings (SSSR count). The molecule has 2 aromatic rings. The van der Waals surface area contributed by atoms with Gasteiger partial charge in [0.25, 0.3) is 5.91 Å². The maximum Gasteiger partial charge on any atom is 0.341 e. The Morgan fingerprint density at radius 2 is 1.91 bits per heavy atom. The zero-order valence-electron chi connectivity index (χ0n) is 16.9. The Kier molecular flexibility index (Phi) is 7.06. The number of ether oxygens (including phenoxy) is 2. The maximum absolute atomic E-state index is 12.7. The van der Waals surface area contributed by atoms with Gasteiger partial charge in [0.15, 0.2) is 23.3 Å². The van der Waals surface area contributed by atoms with E-state index in [0.29, 0.717) is 21.3 Å². The van der Waals surface area contributed by atoms with Crippen molar-refractivity contribution in [2.45, 2.75) is 0 Å². The van der Waals surface area contributed by atoms with E-state index in [4.69, 9.17) is 31.3 Å². The highest BCUT2D eigenvalue weighted by molar-refractivity contribution is 8.18. The second kappa shape index (κ2) is 9.75. The van der Waals surface area contributed by atoms with Gasteiger partial charge in [-0.1, -0.05) is 11.6 Å². The molecule has 1 aliphatic heterocycles. The van der Waals surface area contributed by atoms with Gasteiger partial charge in [0.05, 0.1) is 28.3 Å². The molecule has 1 fully saturated rings. The molecule has 0 aromatic heterocycles. The van der Waals surface area contributed by atoms with Crippen LogP contribution in [0.25, 0.3) is 6.08 Å². The molecule has 0 saturated carbocycles. The van der Waals surface area contributed by atoms with E-state index in [-0.39, 0.29) is 28.0 Å². The summed E-state index contributed by atoms with van der Waals surface area (Å²) < 4.78 is 10.4. The molecular formula is C21H17ClN2O7S. The lowest BCUT2D eigenvalue weighted by Crippen LogP contribution is -2.23. The number of amidine groups is 1. The van der Waals surface area contributed by atoms with E-state index < -0.39 is 18.5 Å². The highest BCUT2D eigenvalue weighted by atomic mass is 35.5. The molecule has 11 heteroatoms. The van der Waals surface area contributed by atoms with E-state index in [9.17, 15) is 14.4 Å². The van der Waals surface area contributed by atoms with Crippen LogP contribution in [0.3, 0.4) is 0 Å². The SMILES string of the molecule is COc1cc(C=C2SC(=Nc3ccc(C(=O)O)cc3)N(C)C2=O)cc(Cl)c1OCC(=O)O. The first-order valence-electron chi connectivity index (χ1n) is 9.01. The molecule has 1 amide bonds. The molecule has 0 unspecified atom stereocenters. The fourth-order valence-electron chi connectivity index (χ4n) is 2.69. The Labute approximate surface area is 191 Å². The van der Waals surface area contributed by atoms with Gasteiger partial charge in [0, 0.05) is 7.05 Å². The molecule has 0 spiro atoms. The van der Waals surface area contributed by atoms with Gasteiger partial charge in [-0.15, -0.1) is 0 Å². The van der Waals surface area contributed by atoms with Crippen LogP contribution in [0.1, 0.15) is 15.9 Å². The maximum atomic E-state index is 12.7. The number of thioether (sulfide) groups is 1. The van der Waals surface area contributed by atoms with Crippen molar-refractivity contribution in [3.05, 3.63) is 57.5 Å². The fraction of sp³-hybridized carbons (Fsp3) is 0.143. The number of carbonyl (C=O) groups excluding carboxylic acids is 1. The number of hydrogen-bond donors (Lipinski definition) is 2. The third-order valence-electron chi connectivity index (χ3n) is 4.23. The summed E-state index contributed by atoms with van der Waals surface area (Å²) in [6, 6.07) is 9.07. The molecule has 2 aromatic carbocycles. The van der Waals surface area contributed by atoms with Crippen LogP contribution in [0.5, 0.6) is 11.5 Å². The van der Waals surface area contributed by atoms with E-state index in [1.165, 1.54) is 30.2 Å². The number of rotatable bonds is 7. The van der Waals surface area contributed by atoms with Crippen molar-refractivity contribution in [1.29, 1.82) is 0 Å². The second-order valence-electron chi connectivity index (χ2n) is 6.44. The number of aliphatic carboxylic acids is 1. The van der Waals surface area contributed by atoms with Gasteiger partial charge in [-0.25, -0.2) is 14.6 Å². The van der Waals surface area contributed by atoms with Crippen LogP contribution >= 0.6 is 23.4 Å². The number of carboxylic acid groups (broad SMARTS) is 2. The summed E-state index contributed by atoms with van der Waals surface area (Å²) in [5, 5.41) is 18.3. The van der Waals surface area contributed by atoms with Crippen molar-refractivity contribution in [2.75, 3.05) is 20.8 Å². The van der Waals surface area contributed by atoms with Gasteiger partial charge in [0.2, 0.25) is 0 Å². The van der Waals surface area contributed by atoms with Gasteiger partial charge in [-0.2, -0.15) is 0 Å². The van der Waals surface area contributed by atoms with Crippen molar-refractivity contribution in [2.24, 2.45) is 4.99 Å². The van der Waals surface area contributed by atoms with Gasteiger partial charge < -0.3 is 19.7 Å². The quantitative estimate of drug-likeness (QED) is 0.579. The van der Waals surface area contributed by atoms with Gasteiger partial charge in [-0.3, -0.25) is 9.69 Å². The van der Waals surface area contributed by atoms with Crippen molar-refractivity contribution in [1.82, 2.24) is 4.90 Å².